The summed E-state index contributed by atoms with van der Waals surface area (Å²) in [5.41, 5.74) is 1.61. The second-order valence-electron chi connectivity index (χ2n) is 7.42. The predicted octanol–water partition coefficient (Wildman–Crippen LogP) is 5.83. The molecule has 162 valence electrons. The highest BCUT2D eigenvalue weighted by molar-refractivity contribution is 9.10. The van der Waals surface area contributed by atoms with E-state index in [1.807, 2.05) is 42.5 Å². The number of aromatic nitrogens is 1. The molecule has 1 N–H and O–H groups in total. The summed E-state index contributed by atoms with van der Waals surface area (Å²) < 4.78 is 13.0. The van der Waals surface area contributed by atoms with Gasteiger partial charge in [0, 0.05) is 37.9 Å². The zero-order valence-electron chi connectivity index (χ0n) is 17.6. The van der Waals surface area contributed by atoms with E-state index < -0.39 is 7.05 Å². The Hall–Kier alpha value is -3.40. The zero-order valence-corrected chi connectivity index (χ0v) is 20.1. The number of halogens is 1. The molecule has 0 atom stereocenters. The van der Waals surface area contributed by atoms with Crippen molar-refractivity contribution in [3.8, 4) is 11.6 Å². The Morgan fingerprint density at radius 3 is 1.58 bits per heavy atom. The van der Waals surface area contributed by atoms with Gasteiger partial charge in [0.1, 0.15) is 5.69 Å². The Bertz CT molecular complexity index is 1330. The molecule has 0 amide bonds. The van der Waals surface area contributed by atoms with Gasteiger partial charge in [-0.3, -0.25) is 0 Å². The summed E-state index contributed by atoms with van der Waals surface area (Å²) in [6.45, 7) is 0. The standard InChI is InChI=1S/C27H20BrN2O2P/c28-26-27(31)32-20-30(26)25-19-11-10-18-24(25)29-33(21-12-4-1-5-13-21,22-14-6-2-7-15-22)23-16-8-3-9-17-23/h1-20H/p+1. The normalized spacial score (nSPS) is 11.3. The molecule has 33 heavy (non-hydrogen) atoms. The molecule has 0 spiro atoms. The second-order valence-corrected chi connectivity index (χ2v) is 11.2. The quantitative estimate of drug-likeness (QED) is 0.236. The summed E-state index contributed by atoms with van der Waals surface area (Å²) in [6, 6.07) is 39.3. The Balaban J connectivity index is 1.91. The van der Waals surface area contributed by atoms with Crippen LogP contribution in [0, 0.1) is 0 Å². The van der Waals surface area contributed by atoms with E-state index >= 15 is 0 Å². The molecule has 4 nitrogen and oxygen atoms in total. The van der Waals surface area contributed by atoms with Gasteiger partial charge in [0.15, 0.2) is 0 Å². The Morgan fingerprint density at radius 1 is 0.667 bits per heavy atom. The lowest BCUT2D eigenvalue weighted by atomic mass is 10.3. The summed E-state index contributed by atoms with van der Waals surface area (Å²) in [7, 11) is -2.43. The van der Waals surface area contributed by atoms with Gasteiger partial charge in [0.25, 0.3) is 0 Å². The highest BCUT2D eigenvalue weighted by atomic mass is 79.9. The fourth-order valence-electron chi connectivity index (χ4n) is 3.93. The van der Waals surface area contributed by atoms with E-state index in [1.165, 1.54) is 6.39 Å². The molecule has 1 heterocycles. The summed E-state index contributed by atoms with van der Waals surface area (Å²) in [5.74, 6) is -0.181. The molecular weight excluding hydrogens is 495 g/mol. The van der Waals surface area contributed by atoms with Crippen molar-refractivity contribution >= 4 is 44.6 Å². The van der Waals surface area contributed by atoms with Crippen LogP contribution in [-0.4, -0.2) is 5.11 Å². The number of para-hydroxylation sites is 1. The van der Waals surface area contributed by atoms with E-state index in [0.29, 0.717) is 4.60 Å². The van der Waals surface area contributed by atoms with Gasteiger partial charge in [-0.1, -0.05) is 103 Å². The molecule has 4 aromatic carbocycles. The summed E-state index contributed by atoms with van der Waals surface area (Å²) in [5, 5.41) is 13.5. The Morgan fingerprint density at radius 2 is 1.12 bits per heavy atom. The average molecular weight is 516 g/mol. The monoisotopic (exact) mass is 515 g/mol. The highest BCUT2D eigenvalue weighted by Gasteiger charge is 2.30. The van der Waals surface area contributed by atoms with Crippen molar-refractivity contribution in [2.75, 3.05) is 0 Å². The van der Waals surface area contributed by atoms with Crippen LogP contribution < -0.4 is 20.5 Å². The van der Waals surface area contributed by atoms with Crippen LogP contribution in [0.4, 0.5) is 5.69 Å². The SMILES string of the molecule is Oc1oc[n+](-c2ccccc2N=P(c2ccccc2)(c2ccccc2)c2ccccc2)c1Br. The minimum atomic E-state index is -2.43. The fraction of sp³-hybridized carbons (Fsp3) is 0. The zero-order chi connectivity index (χ0) is 22.7. The van der Waals surface area contributed by atoms with Crippen molar-refractivity contribution in [1.29, 1.82) is 0 Å². The number of hydrogen-bond donors (Lipinski definition) is 1. The van der Waals surface area contributed by atoms with Crippen molar-refractivity contribution < 1.29 is 14.1 Å². The molecule has 0 aliphatic heterocycles. The third-order valence-corrected chi connectivity index (χ3v) is 9.82. The van der Waals surface area contributed by atoms with Gasteiger partial charge < -0.3 is 9.52 Å². The molecule has 0 aliphatic rings. The molecule has 6 heteroatoms. The lowest BCUT2D eigenvalue weighted by Crippen LogP contribution is -2.29. The fourth-order valence-corrected chi connectivity index (χ4v) is 7.84. The maximum atomic E-state index is 10.0. The Labute approximate surface area is 201 Å². The largest absolute Gasteiger partial charge is 0.475 e. The highest BCUT2D eigenvalue weighted by Crippen LogP contribution is 2.49. The molecule has 0 saturated heterocycles. The number of nitrogens with zero attached hydrogens (tertiary/aromatic N) is 2. The van der Waals surface area contributed by atoms with Crippen molar-refractivity contribution in [3.63, 3.8) is 0 Å². The van der Waals surface area contributed by atoms with Gasteiger partial charge in [-0.25, -0.2) is 4.74 Å². The van der Waals surface area contributed by atoms with Crippen molar-refractivity contribution in [1.82, 2.24) is 0 Å². The van der Waals surface area contributed by atoms with Gasteiger partial charge in [-0.05, 0) is 6.07 Å². The molecule has 0 saturated carbocycles. The van der Waals surface area contributed by atoms with E-state index in [-0.39, 0.29) is 5.95 Å². The topological polar surface area (TPSA) is 49.6 Å². The van der Waals surface area contributed by atoms with Gasteiger partial charge in [-0.15, -0.1) is 4.57 Å². The molecule has 0 aliphatic carbocycles. The molecule has 0 radical (unpaired) electrons. The molecule has 0 bridgehead atoms. The lowest BCUT2D eigenvalue weighted by Gasteiger charge is -2.26. The van der Waals surface area contributed by atoms with Gasteiger partial charge in [0.2, 0.25) is 5.69 Å². The van der Waals surface area contributed by atoms with E-state index in [2.05, 4.69) is 88.7 Å². The van der Waals surface area contributed by atoms with Crippen LogP contribution in [0.1, 0.15) is 0 Å². The van der Waals surface area contributed by atoms with Gasteiger partial charge >= 0.3 is 16.9 Å². The molecule has 1 aromatic heterocycles. The van der Waals surface area contributed by atoms with Crippen LogP contribution in [-0.2, 0) is 0 Å². The average Bonchev–Trinajstić information content (AvgIpc) is 3.22. The number of aromatic hydroxyl groups is 1. The molecule has 0 unspecified atom stereocenters. The lowest BCUT2D eigenvalue weighted by molar-refractivity contribution is -0.609. The van der Waals surface area contributed by atoms with E-state index in [1.54, 1.807) is 4.57 Å². The van der Waals surface area contributed by atoms with Crippen LogP contribution in [0.5, 0.6) is 5.95 Å². The summed E-state index contributed by atoms with van der Waals surface area (Å²) in [4.78, 5) is 0. The number of oxazole rings is 1. The smallest absolute Gasteiger partial charge is 0.370 e. The summed E-state index contributed by atoms with van der Waals surface area (Å²) in [6.07, 6.45) is 1.47. The Kier molecular flexibility index (Phi) is 5.99. The van der Waals surface area contributed by atoms with Crippen LogP contribution >= 0.6 is 23.0 Å². The first kappa shape index (κ1) is 21.4. The summed E-state index contributed by atoms with van der Waals surface area (Å²) >= 11 is 3.42. The van der Waals surface area contributed by atoms with Crippen LogP contribution in [0.3, 0.4) is 0 Å². The van der Waals surface area contributed by atoms with Crippen LogP contribution in [0.15, 0.2) is 135 Å². The van der Waals surface area contributed by atoms with Gasteiger partial charge in [-0.2, -0.15) is 0 Å². The third-order valence-electron chi connectivity index (χ3n) is 5.45. The van der Waals surface area contributed by atoms with E-state index in [0.717, 1.165) is 27.3 Å². The predicted molar refractivity (Wildman–Crippen MR) is 137 cm³/mol. The molecular formula is C27H21BrN2O2P+. The maximum absolute atomic E-state index is 10.0. The number of benzene rings is 4. The maximum Gasteiger partial charge on any atom is 0.370 e. The van der Waals surface area contributed by atoms with E-state index in [4.69, 9.17) is 9.16 Å². The molecule has 5 rings (SSSR count). The third kappa shape index (κ3) is 3.95. The van der Waals surface area contributed by atoms with Crippen molar-refractivity contribution in [2.45, 2.75) is 0 Å². The number of hydrogen-bond acceptors (Lipinski definition) is 3. The van der Waals surface area contributed by atoms with Gasteiger partial charge in [0.05, 0.1) is 7.05 Å². The first-order chi connectivity index (χ1) is 16.2. The van der Waals surface area contributed by atoms with Crippen molar-refractivity contribution in [3.05, 3.63) is 126 Å². The van der Waals surface area contributed by atoms with E-state index in [9.17, 15) is 5.11 Å². The second kappa shape index (κ2) is 9.22. The molecule has 0 fully saturated rings. The molecule has 5 aromatic rings. The minimum absolute atomic E-state index is 0.181. The van der Waals surface area contributed by atoms with Crippen LogP contribution in [0.2, 0.25) is 0 Å². The first-order valence-corrected chi connectivity index (χ1v) is 13.0. The van der Waals surface area contributed by atoms with Crippen LogP contribution in [0.25, 0.3) is 5.69 Å². The first-order valence-electron chi connectivity index (χ1n) is 10.5. The number of rotatable bonds is 5. The minimum Gasteiger partial charge on any atom is -0.475 e. The van der Waals surface area contributed by atoms with Crippen molar-refractivity contribution in [2.24, 2.45) is 4.74 Å².